The summed E-state index contributed by atoms with van der Waals surface area (Å²) in [6, 6.07) is 28.6. The molecular formula is C41H39N2P. The SMILES string of the molecule is C=Cc1cccc2c1/C(=C\C)C(N)=C2N=C1C=CC(P(c2ccccc2)c2cc3ccccc3c3c2CCC=C3)=CC1.CC. The molecule has 0 heterocycles. The smallest absolute Gasteiger partial charge is 0.0947 e. The Morgan fingerprint density at radius 3 is 2.45 bits per heavy atom. The van der Waals surface area contributed by atoms with Crippen LogP contribution in [0.2, 0.25) is 0 Å². The quantitative estimate of drug-likeness (QED) is 0.231. The minimum atomic E-state index is -0.730. The summed E-state index contributed by atoms with van der Waals surface area (Å²) in [7, 11) is -0.730. The zero-order chi connectivity index (χ0) is 30.6. The average molecular weight is 591 g/mol. The fourth-order valence-electron chi connectivity index (χ4n) is 6.47. The molecule has 4 aromatic carbocycles. The molecule has 7 rings (SSSR count). The summed E-state index contributed by atoms with van der Waals surface area (Å²) in [6.07, 6.45) is 18.5. The van der Waals surface area contributed by atoms with E-state index in [1.807, 2.05) is 26.8 Å². The Morgan fingerprint density at radius 2 is 1.70 bits per heavy atom. The number of allylic oxidation sites excluding steroid dienone is 7. The molecule has 0 bridgehead atoms. The van der Waals surface area contributed by atoms with Gasteiger partial charge in [0, 0.05) is 28.8 Å². The molecule has 44 heavy (non-hydrogen) atoms. The second-order valence-electron chi connectivity index (χ2n) is 10.8. The van der Waals surface area contributed by atoms with Gasteiger partial charge in [-0.25, -0.2) is 0 Å². The van der Waals surface area contributed by atoms with E-state index < -0.39 is 7.92 Å². The number of nitrogens with zero attached hydrogens (tertiary/aromatic N) is 1. The van der Waals surface area contributed by atoms with Crippen LogP contribution in [-0.4, -0.2) is 5.71 Å². The molecule has 218 valence electrons. The summed E-state index contributed by atoms with van der Waals surface area (Å²) in [4.78, 5) is 5.14. The summed E-state index contributed by atoms with van der Waals surface area (Å²) in [5.74, 6) is 0. The minimum Gasteiger partial charge on any atom is -0.396 e. The normalized spacial score (nSPS) is 17.7. The van der Waals surface area contributed by atoms with Gasteiger partial charge in [0.25, 0.3) is 0 Å². The lowest BCUT2D eigenvalue weighted by Crippen LogP contribution is -2.20. The van der Waals surface area contributed by atoms with Crippen LogP contribution in [0.15, 0.2) is 132 Å². The van der Waals surface area contributed by atoms with Crippen molar-refractivity contribution in [2.75, 3.05) is 0 Å². The Labute approximate surface area is 263 Å². The summed E-state index contributed by atoms with van der Waals surface area (Å²) in [5, 5.41) is 6.88. The predicted molar refractivity (Wildman–Crippen MR) is 196 cm³/mol. The van der Waals surface area contributed by atoms with Gasteiger partial charge in [-0.2, -0.15) is 0 Å². The van der Waals surface area contributed by atoms with Gasteiger partial charge in [-0.1, -0.05) is 130 Å². The van der Waals surface area contributed by atoms with Gasteiger partial charge in [-0.15, -0.1) is 0 Å². The fraction of sp³-hybridized carbons (Fsp3) is 0.146. The summed E-state index contributed by atoms with van der Waals surface area (Å²) >= 11 is 0. The number of rotatable bonds is 5. The number of nitrogens with two attached hydrogens (primary N) is 1. The highest BCUT2D eigenvalue weighted by atomic mass is 31.1. The average Bonchev–Trinajstić information content (AvgIpc) is 3.37. The van der Waals surface area contributed by atoms with Crippen LogP contribution in [0.4, 0.5) is 0 Å². The highest BCUT2D eigenvalue weighted by molar-refractivity contribution is 7.77. The van der Waals surface area contributed by atoms with Crippen molar-refractivity contribution >= 4 is 58.4 Å². The molecule has 1 atom stereocenters. The van der Waals surface area contributed by atoms with Crippen molar-refractivity contribution in [1.82, 2.24) is 0 Å². The van der Waals surface area contributed by atoms with E-state index in [4.69, 9.17) is 10.7 Å². The monoisotopic (exact) mass is 590 g/mol. The third kappa shape index (κ3) is 5.25. The lowest BCUT2D eigenvalue weighted by Gasteiger charge is -2.27. The Bertz CT molecular complexity index is 1930. The van der Waals surface area contributed by atoms with E-state index in [0.717, 1.165) is 58.6 Å². The molecule has 0 aromatic heterocycles. The van der Waals surface area contributed by atoms with Crippen molar-refractivity contribution in [3.8, 4) is 0 Å². The summed E-state index contributed by atoms with van der Waals surface area (Å²) < 4.78 is 0. The molecule has 4 aromatic rings. The second kappa shape index (κ2) is 13.0. The Hall–Kier alpha value is -4.52. The maximum absolute atomic E-state index is 6.69. The largest absolute Gasteiger partial charge is 0.396 e. The molecule has 3 aliphatic carbocycles. The molecule has 0 amide bonds. The molecule has 0 saturated carbocycles. The third-order valence-corrected chi connectivity index (χ3v) is 11.0. The van der Waals surface area contributed by atoms with Crippen LogP contribution in [0.5, 0.6) is 0 Å². The maximum Gasteiger partial charge on any atom is 0.0947 e. The number of aliphatic imine (C=N–C) groups is 1. The molecule has 1 unspecified atom stereocenters. The Kier molecular flexibility index (Phi) is 8.73. The van der Waals surface area contributed by atoms with Crippen LogP contribution < -0.4 is 16.3 Å². The highest BCUT2D eigenvalue weighted by Gasteiger charge is 2.27. The molecule has 0 spiro atoms. The highest BCUT2D eigenvalue weighted by Crippen LogP contribution is 2.48. The predicted octanol–water partition coefficient (Wildman–Crippen LogP) is 9.93. The molecule has 2 N–H and O–H groups in total. The lowest BCUT2D eigenvalue weighted by atomic mass is 9.92. The first-order chi connectivity index (χ1) is 21.7. The Balaban J connectivity index is 0.00000168. The van der Waals surface area contributed by atoms with Gasteiger partial charge in [-0.3, -0.25) is 4.99 Å². The van der Waals surface area contributed by atoms with Crippen molar-refractivity contribution in [1.29, 1.82) is 0 Å². The molecule has 3 heteroatoms. The van der Waals surface area contributed by atoms with Crippen LogP contribution in [0.25, 0.3) is 34.2 Å². The van der Waals surface area contributed by atoms with Gasteiger partial charge in [0.2, 0.25) is 0 Å². The number of hydrogen-bond donors (Lipinski definition) is 1. The van der Waals surface area contributed by atoms with Crippen LogP contribution >= 0.6 is 7.92 Å². The van der Waals surface area contributed by atoms with Crippen LogP contribution in [-0.2, 0) is 6.42 Å². The van der Waals surface area contributed by atoms with Gasteiger partial charge in [0.1, 0.15) is 0 Å². The first kappa shape index (κ1) is 29.5. The Morgan fingerprint density at radius 1 is 0.909 bits per heavy atom. The second-order valence-corrected chi connectivity index (χ2v) is 13.0. The third-order valence-electron chi connectivity index (χ3n) is 8.43. The summed E-state index contributed by atoms with van der Waals surface area (Å²) in [6.45, 7) is 10.1. The molecule has 0 radical (unpaired) electrons. The van der Waals surface area contributed by atoms with Crippen molar-refractivity contribution in [3.63, 3.8) is 0 Å². The number of hydrogen-bond acceptors (Lipinski definition) is 2. The topological polar surface area (TPSA) is 38.4 Å². The van der Waals surface area contributed by atoms with E-state index in [1.165, 1.54) is 37.8 Å². The molecule has 0 saturated heterocycles. The number of fused-ring (bicyclic) bond motifs is 4. The van der Waals surface area contributed by atoms with Crippen molar-refractivity contribution in [3.05, 3.63) is 155 Å². The van der Waals surface area contributed by atoms with Crippen molar-refractivity contribution < 1.29 is 0 Å². The van der Waals surface area contributed by atoms with E-state index in [0.29, 0.717) is 0 Å². The van der Waals surface area contributed by atoms with Crippen LogP contribution in [0.1, 0.15) is 61.4 Å². The van der Waals surface area contributed by atoms with Gasteiger partial charge >= 0.3 is 0 Å². The van der Waals surface area contributed by atoms with Crippen molar-refractivity contribution in [2.24, 2.45) is 10.7 Å². The van der Waals surface area contributed by atoms with E-state index >= 15 is 0 Å². The van der Waals surface area contributed by atoms with Crippen LogP contribution in [0.3, 0.4) is 0 Å². The van der Waals surface area contributed by atoms with E-state index in [1.54, 1.807) is 0 Å². The first-order valence-electron chi connectivity index (χ1n) is 15.6. The van der Waals surface area contributed by atoms with Gasteiger partial charge in [0.15, 0.2) is 0 Å². The lowest BCUT2D eigenvalue weighted by molar-refractivity contribution is 0.998. The number of benzene rings is 4. The van der Waals surface area contributed by atoms with Gasteiger partial charge < -0.3 is 5.73 Å². The molecule has 2 nitrogen and oxygen atoms in total. The molecular weight excluding hydrogens is 551 g/mol. The molecule has 3 aliphatic rings. The van der Waals surface area contributed by atoms with Crippen molar-refractivity contribution in [2.45, 2.75) is 40.0 Å². The van der Waals surface area contributed by atoms with Gasteiger partial charge in [-0.05, 0) is 83.2 Å². The first-order valence-corrected chi connectivity index (χ1v) is 17.0. The van der Waals surface area contributed by atoms with E-state index in [2.05, 4.69) is 122 Å². The fourth-order valence-corrected chi connectivity index (χ4v) is 9.07. The summed E-state index contributed by atoms with van der Waals surface area (Å²) in [5.41, 5.74) is 16.5. The van der Waals surface area contributed by atoms with E-state index in [-0.39, 0.29) is 0 Å². The molecule has 0 aliphatic heterocycles. The molecule has 0 fully saturated rings. The van der Waals surface area contributed by atoms with Crippen LogP contribution in [0, 0.1) is 0 Å². The van der Waals surface area contributed by atoms with Gasteiger partial charge in [0.05, 0.1) is 11.4 Å². The standard InChI is InChI=1S/C39H33N2P.C2H6/c1-3-26-14-12-20-35-37(26)31(4-2)38(40)39(35)41-28-21-23-30(24-22-28)42(29-15-6-5-7-16-29)36-25-27-13-8-9-17-32(27)33-18-10-11-19-34(33)36;1-2/h3-10,12-18,20-21,23-25H,1,11,19,22,40H2,2H3;1-2H3/b31-4+,41-28?;. The van der Waals surface area contributed by atoms with E-state index in [9.17, 15) is 0 Å². The zero-order valence-corrected chi connectivity index (χ0v) is 26.7. The zero-order valence-electron chi connectivity index (χ0n) is 25.8. The minimum absolute atomic E-state index is 0.730. The maximum atomic E-state index is 6.69.